The Labute approximate surface area is 136 Å². The lowest BCUT2D eigenvalue weighted by molar-refractivity contribution is -0.369. The van der Waals surface area contributed by atoms with Crippen molar-refractivity contribution in [3.05, 3.63) is 41.7 Å². The second kappa shape index (κ2) is 4.93. The van der Waals surface area contributed by atoms with Gasteiger partial charge < -0.3 is 4.42 Å². The molecule has 2 aromatic heterocycles. The van der Waals surface area contributed by atoms with E-state index in [1.54, 1.807) is 12.3 Å². The van der Waals surface area contributed by atoms with Crippen LogP contribution in [0.25, 0.3) is 22.6 Å². The molecule has 124 valence electrons. The summed E-state index contributed by atoms with van der Waals surface area (Å²) in [5.41, 5.74) is -1.19. The van der Waals surface area contributed by atoms with Crippen LogP contribution in [0.15, 0.2) is 39.9 Å². The highest BCUT2D eigenvalue weighted by molar-refractivity contribution is 7.98. The van der Waals surface area contributed by atoms with Crippen molar-refractivity contribution in [2.75, 3.05) is 6.26 Å². The molecule has 0 spiro atoms. The van der Waals surface area contributed by atoms with Gasteiger partial charge in [-0.15, -0.1) is 11.8 Å². The summed E-state index contributed by atoms with van der Waals surface area (Å²) in [6.07, 6.45) is -3.20. The summed E-state index contributed by atoms with van der Waals surface area (Å²) in [5, 5.41) is 0. The van der Waals surface area contributed by atoms with E-state index in [1.165, 1.54) is 18.0 Å². The summed E-state index contributed by atoms with van der Waals surface area (Å²) in [5.74, 6) is 0.146. The van der Waals surface area contributed by atoms with Gasteiger partial charge in [0, 0.05) is 17.3 Å². The number of rotatable bonds is 2. The Balaban J connectivity index is 1.92. The number of oxazole rings is 1. The quantitative estimate of drug-likeness (QED) is 0.490. The molecule has 0 saturated heterocycles. The minimum absolute atomic E-state index is 0.0198. The van der Waals surface area contributed by atoms with Crippen LogP contribution in [-0.2, 0) is 17.0 Å². The first-order chi connectivity index (χ1) is 11.3. The number of ether oxygens (including phenoxy) is 1. The summed E-state index contributed by atoms with van der Waals surface area (Å²) >= 11 is 1.40. The molecule has 1 aromatic carbocycles. The van der Waals surface area contributed by atoms with E-state index in [4.69, 9.17) is 4.42 Å². The van der Waals surface area contributed by atoms with E-state index in [-0.39, 0.29) is 17.0 Å². The molecule has 4 rings (SSSR count). The van der Waals surface area contributed by atoms with E-state index in [1.807, 2.05) is 6.26 Å². The fraction of sp³-hybridized carbons (Fsp3) is 0.200. The van der Waals surface area contributed by atoms with E-state index >= 15 is 0 Å². The zero-order valence-electron chi connectivity index (χ0n) is 12.0. The minimum Gasteiger partial charge on any atom is -0.436 e. The van der Waals surface area contributed by atoms with Crippen LogP contribution in [-0.4, -0.2) is 16.2 Å². The van der Waals surface area contributed by atoms with E-state index < -0.39 is 23.3 Å². The molecule has 0 amide bonds. The molecule has 0 saturated carbocycles. The first-order valence-corrected chi connectivity index (χ1v) is 7.94. The Morgan fingerprint density at radius 3 is 2.50 bits per heavy atom. The van der Waals surface area contributed by atoms with Gasteiger partial charge in [-0.25, -0.2) is 9.72 Å². The number of benzene rings is 1. The molecule has 0 aliphatic carbocycles. The van der Waals surface area contributed by atoms with Crippen LogP contribution in [0.5, 0.6) is 0 Å². The second-order valence-corrected chi connectivity index (χ2v) is 5.94. The van der Waals surface area contributed by atoms with E-state index in [0.29, 0.717) is 5.56 Å². The van der Waals surface area contributed by atoms with Gasteiger partial charge in [-0.1, -0.05) is 0 Å². The Bertz CT molecular complexity index is 907. The van der Waals surface area contributed by atoms with Crippen molar-refractivity contribution in [3.63, 3.8) is 0 Å². The van der Waals surface area contributed by atoms with Crippen molar-refractivity contribution in [2.24, 2.45) is 0 Å². The molecule has 0 N–H and O–H groups in total. The fourth-order valence-electron chi connectivity index (χ4n) is 2.56. The molecule has 4 nitrogen and oxygen atoms in total. The number of fused-ring (bicyclic) bond motifs is 2. The largest absolute Gasteiger partial charge is 0.436 e. The first-order valence-electron chi connectivity index (χ1n) is 6.71. The average Bonchev–Trinajstić information content (AvgIpc) is 3.02. The van der Waals surface area contributed by atoms with Gasteiger partial charge in [-0.3, -0.25) is 4.98 Å². The monoisotopic (exact) mass is 356 g/mol. The number of pyridine rings is 1. The predicted octanol–water partition coefficient (Wildman–Crippen LogP) is 4.74. The van der Waals surface area contributed by atoms with Gasteiger partial charge in [0.25, 0.3) is 0 Å². The molecule has 0 radical (unpaired) electrons. The predicted molar refractivity (Wildman–Crippen MR) is 77.9 cm³/mol. The van der Waals surface area contributed by atoms with E-state index in [2.05, 4.69) is 14.7 Å². The van der Waals surface area contributed by atoms with Crippen molar-refractivity contribution >= 4 is 22.9 Å². The molecule has 0 atom stereocenters. The van der Waals surface area contributed by atoms with Crippen molar-refractivity contribution in [1.29, 1.82) is 0 Å². The van der Waals surface area contributed by atoms with Crippen LogP contribution in [0.2, 0.25) is 0 Å². The Kier molecular flexibility index (Phi) is 3.17. The van der Waals surface area contributed by atoms with Crippen LogP contribution in [0.1, 0.15) is 11.1 Å². The smallest absolute Gasteiger partial charge is 0.388 e. The maximum atomic E-state index is 13.6. The molecule has 9 heteroatoms. The third-order valence-corrected chi connectivity index (χ3v) is 4.41. The van der Waals surface area contributed by atoms with Crippen LogP contribution in [0.3, 0.4) is 0 Å². The number of hydrogen-bond donors (Lipinski definition) is 0. The van der Waals surface area contributed by atoms with Gasteiger partial charge in [0.15, 0.2) is 5.58 Å². The van der Waals surface area contributed by atoms with Crippen molar-refractivity contribution < 1.29 is 26.7 Å². The highest BCUT2D eigenvalue weighted by atomic mass is 32.2. The van der Waals surface area contributed by atoms with Crippen molar-refractivity contribution in [3.8, 4) is 11.5 Å². The Hall–Kier alpha value is -2.13. The highest BCUT2D eigenvalue weighted by Gasteiger charge is 2.57. The molecule has 1 aliphatic rings. The Morgan fingerprint density at radius 2 is 1.79 bits per heavy atom. The highest BCUT2D eigenvalue weighted by Crippen LogP contribution is 2.52. The molecule has 24 heavy (non-hydrogen) atoms. The molecule has 0 fully saturated rings. The second-order valence-electron chi connectivity index (χ2n) is 5.10. The Morgan fingerprint density at radius 1 is 1.08 bits per heavy atom. The first kappa shape index (κ1) is 15.4. The molecule has 0 unspecified atom stereocenters. The summed E-state index contributed by atoms with van der Waals surface area (Å²) < 4.78 is 63.6. The van der Waals surface area contributed by atoms with Gasteiger partial charge in [0.05, 0.1) is 16.7 Å². The summed E-state index contributed by atoms with van der Waals surface area (Å²) in [7, 11) is 0. The van der Waals surface area contributed by atoms with Crippen molar-refractivity contribution in [1.82, 2.24) is 9.97 Å². The molecular weight excluding hydrogens is 348 g/mol. The normalized spacial score (nSPS) is 18.0. The summed E-state index contributed by atoms with van der Waals surface area (Å²) in [6, 6.07) is 3.37. The number of aromatic nitrogens is 2. The molecule has 1 aliphatic heterocycles. The van der Waals surface area contributed by atoms with Crippen molar-refractivity contribution in [2.45, 2.75) is 17.1 Å². The maximum absolute atomic E-state index is 13.6. The lowest BCUT2D eigenvalue weighted by atomic mass is 10.1. The number of halogens is 4. The molecule has 3 aromatic rings. The van der Waals surface area contributed by atoms with E-state index in [0.717, 1.165) is 17.0 Å². The average molecular weight is 356 g/mol. The van der Waals surface area contributed by atoms with Gasteiger partial charge in [0.1, 0.15) is 5.52 Å². The lowest BCUT2D eigenvalue weighted by Crippen LogP contribution is -2.17. The zero-order valence-corrected chi connectivity index (χ0v) is 12.8. The SMILES string of the molecule is CSc1cnccc1-c1nc2cc3c(cc2o1)C(F)(F)OC3(F)F. The number of nitrogens with zero attached hydrogens (tertiary/aromatic N) is 2. The molecule has 3 heterocycles. The standard InChI is InChI=1S/C15H8F4N2O2S/c1-24-12-6-20-3-2-7(12)13-21-10-4-8-9(5-11(10)22-13)15(18,19)23-14(8,16)17/h2-6H,1H3. The van der Waals surface area contributed by atoms with Gasteiger partial charge in [-0.2, -0.15) is 17.6 Å². The van der Waals surface area contributed by atoms with E-state index in [9.17, 15) is 17.6 Å². The van der Waals surface area contributed by atoms with Crippen LogP contribution in [0.4, 0.5) is 17.6 Å². The molecular formula is C15H8F4N2O2S. The number of thioether (sulfide) groups is 1. The summed E-state index contributed by atoms with van der Waals surface area (Å²) in [4.78, 5) is 8.88. The minimum atomic E-state index is -4.08. The van der Waals surface area contributed by atoms with Gasteiger partial charge in [-0.05, 0) is 24.5 Å². The maximum Gasteiger partial charge on any atom is 0.388 e. The van der Waals surface area contributed by atoms with Crippen LogP contribution < -0.4 is 0 Å². The number of hydrogen-bond acceptors (Lipinski definition) is 5. The van der Waals surface area contributed by atoms with Gasteiger partial charge in [0.2, 0.25) is 5.89 Å². The third-order valence-electron chi connectivity index (χ3n) is 3.65. The third kappa shape index (κ3) is 2.19. The molecule has 0 bridgehead atoms. The van der Waals surface area contributed by atoms with Gasteiger partial charge >= 0.3 is 12.2 Å². The summed E-state index contributed by atoms with van der Waals surface area (Å²) in [6.45, 7) is 0. The van der Waals surface area contributed by atoms with Crippen LogP contribution >= 0.6 is 11.8 Å². The fourth-order valence-corrected chi connectivity index (χ4v) is 3.10. The topological polar surface area (TPSA) is 48.2 Å². The van der Waals surface area contributed by atoms with Crippen LogP contribution in [0, 0.1) is 0 Å². The number of alkyl halides is 4. The lowest BCUT2D eigenvalue weighted by Gasteiger charge is -2.10. The zero-order chi connectivity index (χ0) is 17.1.